The summed E-state index contributed by atoms with van der Waals surface area (Å²) in [7, 11) is 0. The molecule has 0 aromatic heterocycles. The molecule has 0 bridgehead atoms. The van der Waals surface area contributed by atoms with Crippen molar-refractivity contribution in [3.05, 3.63) is 24.3 Å². The molecule has 0 N–H and O–H groups in total. The molecule has 0 aliphatic rings. The number of aliphatic carboxylic acids is 2. The molecular weight excluding hydrogens is 677 g/mol. The summed E-state index contributed by atoms with van der Waals surface area (Å²) in [5, 5.41) is 20.4. The van der Waals surface area contributed by atoms with E-state index in [1.807, 2.05) is 0 Å². The van der Waals surface area contributed by atoms with Gasteiger partial charge in [-0.15, -0.1) is 0 Å². The Balaban J connectivity index is -0.000000328. The van der Waals surface area contributed by atoms with Crippen LogP contribution in [-0.2, 0) is 9.59 Å². The first-order chi connectivity index (χ1) is 19.5. The van der Waals surface area contributed by atoms with Crippen molar-refractivity contribution in [1.29, 1.82) is 0 Å². The van der Waals surface area contributed by atoms with Gasteiger partial charge in [0.05, 0.1) is 0 Å². The molecule has 0 aromatic rings. The van der Waals surface area contributed by atoms with Crippen LogP contribution in [0.4, 0.5) is 0 Å². The van der Waals surface area contributed by atoms with Gasteiger partial charge in [0, 0.05) is 11.9 Å². The third-order valence-electron chi connectivity index (χ3n) is 7.29. The number of carboxylic acids is 2. The van der Waals surface area contributed by atoms with E-state index in [9.17, 15) is 19.8 Å². The monoisotopic (exact) mass is 743 g/mol. The molecule has 4 nitrogen and oxygen atoms in total. The van der Waals surface area contributed by atoms with Crippen LogP contribution in [0.25, 0.3) is 0 Å². The molecule has 1 radical (unpaired) electrons. The zero-order chi connectivity index (χ0) is 29.8. The fraction of sp³-hybridized carbons (Fsp3) is 0.833. The maximum absolute atomic E-state index is 10.2. The minimum absolute atomic E-state index is 0. The van der Waals surface area contributed by atoms with Gasteiger partial charge in [-0.1, -0.05) is 141 Å². The van der Waals surface area contributed by atoms with Crippen LogP contribution in [0.2, 0.25) is 0 Å². The molecule has 0 aliphatic carbocycles. The Morgan fingerprint density at radius 2 is 0.619 bits per heavy atom. The molecule has 42 heavy (non-hydrogen) atoms. The average molecular weight is 743 g/mol. The standard InChI is InChI=1S/2C18H34O2.Gd.Na/c2*1-2-3-4-5-6-7-8-9-10-11-12-13-14-15-16-17-18(19)20;;/h2*9-10H,2-8,11-17H2,1H3,(H,19,20);;/q;;+3;+1/p-2/b2*10-9-;;. The van der Waals surface area contributed by atoms with Crippen LogP contribution in [0.3, 0.4) is 0 Å². The Hall–Kier alpha value is 0.745. The van der Waals surface area contributed by atoms with E-state index in [-0.39, 0.29) is 82.3 Å². The van der Waals surface area contributed by atoms with Crippen LogP contribution in [0, 0.1) is 39.9 Å². The summed E-state index contributed by atoms with van der Waals surface area (Å²) in [5.41, 5.74) is 0. The van der Waals surface area contributed by atoms with E-state index in [1.165, 1.54) is 128 Å². The van der Waals surface area contributed by atoms with Crippen LogP contribution in [0.5, 0.6) is 0 Å². The average Bonchev–Trinajstić information content (AvgIpc) is 2.93. The molecule has 241 valence electrons. The number of allylic oxidation sites excluding steroid dienone is 4. The number of rotatable bonds is 30. The Morgan fingerprint density at radius 3 is 0.857 bits per heavy atom. The van der Waals surface area contributed by atoms with Crippen molar-refractivity contribution < 1.29 is 89.3 Å². The van der Waals surface area contributed by atoms with Gasteiger partial charge in [0.15, 0.2) is 0 Å². The second-order valence-corrected chi connectivity index (χ2v) is 11.4. The van der Waals surface area contributed by atoms with Crippen molar-refractivity contribution >= 4 is 11.9 Å². The molecule has 0 amide bonds. The van der Waals surface area contributed by atoms with E-state index in [4.69, 9.17) is 0 Å². The smallest absolute Gasteiger partial charge is 0.550 e. The van der Waals surface area contributed by atoms with Gasteiger partial charge >= 0.3 is 69.5 Å². The van der Waals surface area contributed by atoms with Crippen molar-refractivity contribution in [2.75, 3.05) is 0 Å². The second kappa shape index (κ2) is 46.2. The van der Waals surface area contributed by atoms with Gasteiger partial charge in [0.2, 0.25) is 0 Å². The third kappa shape index (κ3) is 53.3. The Bertz CT molecular complexity index is 531. The van der Waals surface area contributed by atoms with E-state index in [1.54, 1.807) is 0 Å². The summed E-state index contributed by atoms with van der Waals surface area (Å²) in [5.74, 6) is -1.83. The molecule has 0 rings (SSSR count). The topological polar surface area (TPSA) is 80.3 Å². The first-order valence-corrected chi connectivity index (χ1v) is 17.2. The van der Waals surface area contributed by atoms with Crippen molar-refractivity contribution in [3.63, 3.8) is 0 Å². The zero-order valence-electron chi connectivity index (χ0n) is 28.1. The molecule has 0 unspecified atom stereocenters. The summed E-state index contributed by atoms with van der Waals surface area (Å²) in [6.45, 7) is 4.51. The number of hydrogen-bond acceptors (Lipinski definition) is 4. The van der Waals surface area contributed by atoms with Crippen LogP contribution < -0.4 is 39.8 Å². The molecule has 0 spiro atoms. The van der Waals surface area contributed by atoms with Gasteiger partial charge in [-0.3, -0.25) is 0 Å². The maximum Gasteiger partial charge on any atom is 3.00 e. The van der Waals surface area contributed by atoms with Gasteiger partial charge in [0.1, 0.15) is 0 Å². The van der Waals surface area contributed by atoms with E-state index in [2.05, 4.69) is 38.2 Å². The number of unbranched alkanes of at least 4 members (excludes halogenated alkanes) is 22. The fourth-order valence-electron chi connectivity index (χ4n) is 4.68. The predicted octanol–water partition coefficient (Wildman–Crippen LogP) is 6.55. The van der Waals surface area contributed by atoms with Crippen LogP contribution >= 0.6 is 0 Å². The summed E-state index contributed by atoms with van der Waals surface area (Å²) in [6, 6.07) is 0. The third-order valence-corrected chi connectivity index (χ3v) is 7.29. The van der Waals surface area contributed by atoms with E-state index < -0.39 is 11.9 Å². The summed E-state index contributed by atoms with van der Waals surface area (Å²) < 4.78 is 0. The first-order valence-electron chi connectivity index (χ1n) is 17.2. The number of carbonyl (C=O) groups is 2. The normalized spacial score (nSPS) is 10.7. The Kier molecular flexibility index (Phi) is 54.5. The quantitative estimate of drug-likeness (QED) is 0.0475. The molecule has 0 atom stereocenters. The predicted molar refractivity (Wildman–Crippen MR) is 169 cm³/mol. The van der Waals surface area contributed by atoms with Crippen molar-refractivity contribution in [3.8, 4) is 0 Å². The number of hydrogen-bond donors (Lipinski definition) is 0. The molecule has 6 heteroatoms. The molecular formula is C36H66GdNaO4+2. The van der Waals surface area contributed by atoms with E-state index in [0.29, 0.717) is 0 Å². The summed E-state index contributed by atoms with van der Waals surface area (Å²) in [6.07, 6.45) is 41.8. The molecule has 0 heterocycles. The van der Waals surface area contributed by atoms with Crippen LogP contribution in [-0.4, -0.2) is 11.9 Å². The van der Waals surface area contributed by atoms with Crippen LogP contribution in [0.15, 0.2) is 24.3 Å². The summed E-state index contributed by atoms with van der Waals surface area (Å²) in [4.78, 5) is 20.4. The fourth-order valence-corrected chi connectivity index (χ4v) is 4.68. The van der Waals surface area contributed by atoms with Gasteiger partial charge in [-0.2, -0.15) is 0 Å². The SMILES string of the molecule is CCCCCCCC/C=C\CCCCCCCC(=O)[O-].CCCCCCCC/C=C\CCCCCCCC(=O)[O-].[Gd+3].[Na+]. The van der Waals surface area contributed by atoms with Gasteiger partial charge < -0.3 is 19.8 Å². The Labute approximate surface area is 316 Å². The minimum Gasteiger partial charge on any atom is -0.550 e. The number of carboxylic acid groups (broad SMARTS) is 2. The van der Waals surface area contributed by atoms with E-state index >= 15 is 0 Å². The molecule has 0 aliphatic heterocycles. The first kappa shape index (κ1) is 49.6. The molecule has 0 saturated heterocycles. The molecule has 0 saturated carbocycles. The van der Waals surface area contributed by atoms with Crippen molar-refractivity contribution in [2.45, 2.75) is 194 Å². The van der Waals surface area contributed by atoms with Gasteiger partial charge in [-0.25, -0.2) is 0 Å². The number of carbonyl (C=O) groups excluding carboxylic acids is 2. The van der Waals surface area contributed by atoms with E-state index in [0.717, 1.165) is 38.5 Å². The summed E-state index contributed by atoms with van der Waals surface area (Å²) >= 11 is 0. The van der Waals surface area contributed by atoms with Gasteiger partial charge in [0.25, 0.3) is 0 Å². The maximum atomic E-state index is 10.2. The second-order valence-electron chi connectivity index (χ2n) is 11.4. The molecule has 0 fully saturated rings. The Morgan fingerprint density at radius 1 is 0.405 bits per heavy atom. The minimum atomic E-state index is -0.914. The van der Waals surface area contributed by atoms with Crippen molar-refractivity contribution in [1.82, 2.24) is 0 Å². The van der Waals surface area contributed by atoms with Gasteiger partial charge in [-0.05, 0) is 77.0 Å². The van der Waals surface area contributed by atoms with Crippen molar-refractivity contribution in [2.24, 2.45) is 0 Å². The zero-order valence-corrected chi connectivity index (χ0v) is 32.4. The molecule has 0 aromatic carbocycles. The van der Waals surface area contributed by atoms with Crippen LogP contribution in [0.1, 0.15) is 194 Å². The largest absolute Gasteiger partial charge is 3.00 e.